The molecule has 9 nitrogen and oxygen atoms in total. The topological polar surface area (TPSA) is 127 Å². The Hall–Kier alpha value is -3.92. The van der Waals surface area contributed by atoms with Crippen molar-refractivity contribution in [2.24, 2.45) is 0 Å². The Kier molecular flexibility index (Phi) is 6.74. The van der Waals surface area contributed by atoms with Crippen LogP contribution in [0.15, 0.2) is 53.1 Å². The number of carbonyl (C=O) groups is 2. The lowest BCUT2D eigenvalue weighted by molar-refractivity contribution is -0.384. The van der Waals surface area contributed by atoms with Crippen LogP contribution in [0.4, 0.5) is 27.1 Å². The minimum absolute atomic E-state index is 0.0149. The van der Waals surface area contributed by atoms with Crippen molar-refractivity contribution in [2.75, 3.05) is 16.0 Å². The Morgan fingerprint density at radius 2 is 1.88 bits per heavy atom. The zero-order valence-electron chi connectivity index (χ0n) is 16.9. The molecule has 1 atom stereocenters. The van der Waals surface area contributed by atoms with Crippen LogP contribution in [0.3, 0.4) is 0 Å². The minimum Gasteiger partial charge on any atom is -0.469 e. The summed E-state index contributed by atoms with van der Waals surface area (Å²) >= 11 is 5.99. The van der Waals surface area contributed by atoms with Crippen molar-refractivity contribution < 1.29 is 23.3 Å². The smallest absolute Gasteiger partial charge is 0.271 e. The van der Waals surface area contributed by atoms with E-state index in [-0.39, 0.29) is 27.6 Å². The van der Waals surface area contributed by atoms with Gasteiger partial charge in [-0.1, -0.05) is 11.6 Å². The van der Waals surface area contributed by atoms with Crippen molar-refractivity contribution in [2.45, 2.75) is 19.9 Å². The van der Waals surface area contributed by atoms with E-state index in [4.69, 9.17) is 16.0 Å². The van der Waals surface area contributed by atoms with E-state index < -0.39 is 28.6 Å². The number of carbonyl (C=O) groups excluding carboxylic acids is 2. The Balaban J connectivity index is 1.68. The summed E-state index contributed by atoms with van der Waals surface area (Å²) in [5, 5.41) is 18.7. The van der Waals surface area contributed by atoms with Gasteiger partial charge in [0, 0.05) is 17.8 Å². The van der Waals surface area contributed by atoms with Crippen molar-refractivity contribution in [1.82, 2.24) is 0 Å². The quantitative estimate of drug-likeness (QED) is 0.337. The highest BCUT2D eigenvalue weighted by molar-refractivity contribution is 6.34. The van der Waals surface area contributed by atoms with Gasteiger partial charge in [-0.25, -0.2) is 4.39 Å². The number of hydrogen-bond donors (Lipinski definition) is 3. The number of furan rings is 1. The van der Waals surface area contributed by atoms with Gasteiger partial charge in [-0.2, -0.15) is 0 Å². The molecule has 166 valence electrons. The molecule has 0 aliphatic heterocycles. The molecule has 11 heteroatoms. The highest BCUT2D eigenvalue weighted by Gasteiger charge is 2.18. The molecular weight excluding hydrogens is 443 g/mol. The number of non-ortho nitro benzene ring substituents is 1. The Labute approximate surface area is 186 Å². The maximum atomic E-state index is 14.2. The number of anilines is 3. The van der Waals surface area contributed by atoms with Crippen LogP contribution in [0.25, 0.3) is 0 Å². The second-order valence-electron chi connectivity index (χ2n) is 6.82. The normalized spacial score (nSPS) is 11.5. The summed E-state index contributed by atoms with van der Waals surface area (Å²) in [6, 6.07) is 8.28. The SMILES string of the molecule is Cc1occc1C(=O)Nc1cc(NC(C)C(=O)Nc2ccc([N+](=O)[O-])cc2Cl)ccc1F. The third-order valence-electron chi connectivity index (χ3n) is 4.52. The van der Waals surface area contributed by atoms with Gasteiger partial charge >= 0.3 is 0 Å². The molecule has 0 bridgehead atoms. The molecule has 0 fully saturated rings. The molecule has 0 aliphatic rings. The van der Waals surface area contributed by atoms with E-state index in [1.54, 1.807) is 13.8 Å². The number of nitrogens with zero attached hydrogens (tertiary/aromatic N) is 1. The van der Waals surface area contributed by atoms with Crippen LogP contribution in [0.5, 0.6) is 0 Å². The van der Waals surface area contributed by atoms with Gasteiger partial charge in [0.1, 0.15) is 17.6 Å². The Morgan fingerprint density at radius 3 is 2.50 bits per heavy atom. The Morgan fingerprint density at radius 1 is 1.12 bits per heavy atom. The molecule has 0 spiro atoms. The molecular formula is C21H18ClFN4O5. The van der Waals surface area contributed by atoms with Crippen molar-refractivity contribution in [3.05, 3.63) is 81.0 Å². The molecule has 3 rings (SSSR count). The first-order chi connectivity index (χ1) is 15.2. The number of halogens is 2. The van der Waals surface area contributed by atoms with E-state index in [9.17, 15) is 24.1 Å². The number of nitro groups is 1. The fraction of sp³-hybridized carbons (Fsp3) is 0.143. The summed E-state index contributed by atoms with van der Waals surface area (Å²) in [6.45, 7) is 3.17. The standard InChI is InChI=1S/C21H18ClFN4O5/c1-11(20(28)25-18-6-4-14(27(30)31)10-16(18)22)24-13-3-5-17(23)19(9-13)26-21(29)15-7-8-32-12(15)2/h3-11,24H,1-2H3,(H,25,28)(H,26,29). The first kappa shape index (κ1) is 22.8. The average molecular weight is 461 g/mol. The highest BCUT2D eigenvalue weighted by Crippen LogP contribution is 2.27. The van der Waals surface area contributed by atoms with Crippen molar-refractivity contribution in [1.29, 1.82) is 0 Å². The summed E-state index contributed by atoms with van der Waals surface area (Å²) in [7, 11) is 0. The minimum atomic E-state index is -0.786. The van der Waals surface area contributed by atoms with Crippen molar-refractivity contribution in [3.63, 3.8) is 0 Å². The van der Waals surface area contributed by atoms with E-state index in [0.717, 1.165) is 12.1 Å². The first-order valence-electron chi connectivity index (χ1n) is 9.32. The largest absolute Gasteiger partial charge is 0.469 e. The molecule has 1 unspecified atom stereocenters. The van der Waals surface area contributed by atoms with Gasteiger partial charge in [-0.15, -0.1) is 0 Å². The molecule has 32 heavy (non-hydrogen) atoms. The summed E-state index contributed by atoms with van der Waals surface area (Å²) in [5.74, 6) is -1.28. The molecule has 0 saturated carbocycles. The van der Waals surface area contributed by atoms with Crippen LogP contribution in [0, 0.1) is 22.9 Å². The molecule has 3 aromatic rings. The lowest BCUT2D eigenvalue weighted by Gasteiger charge is -2.17. The molecule has 2 aromatic carbocycles. The number of rotatable bonds is 7. The van der Waals surface area contributed by atoms with Crippen LogP contribution < -0.4 is 16.0 Å². The highest BCUT2D eigenvalue weighted by atomic mass is 35.5. The predicted octanol–water partition coefficient (Wildman–Crippen LogP) is 4.98. The summed E-state index contributed by atoms with van der Waals surface area (Å²) in [4.78, 5) is 35.0. The second kappa shape index (κ2) is 9.48. The second-order valence-corrected chi connectivity index (χ2v) is 7.22. The average Bonchev–Trinajstić information content (AvgIpc) is 3.17. The number of benzene rings is 2. The van der Waals surface area contributed by atoms with E-state index in [2.05, 4.69) is 16.0 Å². The van der Waals surface area contributed by atoms with Gasteiger partial charge in [0.05, 0.1) is 33.1 Å². The zero-order chi connectivity index (χ0) is 23.4. The fourth-order valence-electron chi connectivity index (χ4n) is 2.80. The monoisotopic (exact) mass is 460 g/mol. The van der Waals surface area contributed by atoms with E-state index >= 15 is 0 Å². The van der Waals surface area contributed by atoms with E-state index in [0.29, 0.717) is 11.4 Å². The molecule has 0 saturated heterocycles. The lowest BCUT2D eigenvalue weighted by atomic mass is 10.2. The number of aryl methyl sites for hydroxylation is 1. The first-order valence-corrected chi connectivity index (χ1v) is 9.70. The van der Waals surface area contributed by atoms with Gasteiger partial charge in [-0.3, -0.25) is 19.7 Å². The summed E-state index contributed by atoms with van der Waals surface area (Å²) in [5.41, 5.74) is 0.578. The lowest BCUT2D eigenvalue weighted by Crippen LogP contribution is -2.32. The maximum absolute atomic E-state index is 14.2. The van der Waals surface area contributed by atoms with Gasteiger partial charge in [0.15, 0.2) is 0 Å². The van der Waals surface area contributed by atoms with Crippen LogP contribution in [-0.4, -0.2) is 22.8 Å². The zero-order valence-corrected chi connectivity index (χ0v) is 17.7. The molecule has 2 amide bonds. The number of hydrogen-bond acceptors (Lipinski definition) is 6. The number of nitro benzene ring substituents is 1. The molecule has 1 heterocycles. The Bertz CT molecular complexity index is 1200. The van der Waals surface area contributed by atoms with Crippen LogP contribution in [0.1, 0.15) is 23.0 Å². The molecule has 0 radical (unpaired) electrons. The number of nitrogens with one attached hydrogen (secondary N) is 3. The van der Waals surface area contributed by atoms with Crippen molar-refractivity contribution in [3.8, 4) is 0 Å². The van der Waals surface area contributed by atoms with Gasteiger partial charge in [0.25, 0.3) is 11.6 Å². The molecule has 0 aliphatic carbocycles. The predicted molar refractivity (Wildman–Crippen MR) is 118 cm³/mol. The van der Waals surface area contributed by atoms with Crippen LogP contribution in [0.2, 0.25) is 5.02 Å². The van der Waals surface area contributed by atoms with E-state index in [1.165, 1.54) is 36.6 Å². The van der Waals surface area contributed by atoms with Gasteiger partial charge in [-0.05, 0) is 44.2 Å². The fourth-order valence-corrected chi connectivity index (χ4v) is 3.02. The van der Waals surface area contributed by atoms with Crippen LogP contribution >= 0.6 is 11.6 Å². The third-order valence-corrected chi connectivity index (χ3v) is 4.83. The van der Waals surface area contributed by atoms with Crippen LogP contribution in [-0.2, 0) is 4.79 Å². The molecule has 3 N–H and O–H groups in total. The molecule has 1 aromatic heterocycles. The van der Waals surface area contributed by atoms with E-state index in [1.807, 2.05) is 0 Å². The maximum Gasteiger partial charge on any atom is 0.271 e. The summed E-state index contributed by atoms with van der Waals surface area (Å²) < 4.78 is 19.3. The number of amides is 2. The third kappa shape index (κ3) is 5.22. The van der Waals surface area contributed by atoms with Gasteiger partial charge in [0.2, 0.25) is 5.91 Å². The van der Waals surface area contributed by atoms with Crippen molar-refractivity contribution >= 4 is 46.2 Å². The summed E-state index contributed by atoms with van der Waals surface area (Å²) in [6.07, 6.45) is 1.36. The van der Waals surface area contributed by atoms with Gasteiger partial charge < -0.3 is 20.4 Å².